The Hall–Kier alpha value is -0.590. The largest absolute Gasteiger partial charge is 0.313 e. The molecular formula is C11H21N3. The van der Waals surface area contributed by atoms with Crippen LogP contribution in [-0.2, 0) is 0 Å². The summed E-state index contributed by atoms with van der Waals surface area (Å²) in [7, 11) is 0. The topological polar surface area (TPSA) is 39.1 Å². The molecule has 14 heavy (non-hydrogen) atoms. The first-order valence-corrected chi connectivity index (χ1v) is 5.62. The van der Waals surface area contributed by atoms with Crippen LogP contribution in [0.1, 0.15) is 33.1 Å². The van der Waals surface area contributed by atoms with Crippen LogP contribution in [0.15, 0.2) is 0 Å². The molecule has 0 aromatic rings. The van der Waals surface area contributed by atoms with E-state index in [1.165, 1.54) is 12.8 Å². The molecule has 0 amide bonds. The summed E-state index contributed by atoms with van der Waals surface area (Å²) in [4.78, 5) is 2.40. The molecule has 0 aromatic carbocycles. The number of rotatable bonds is 5. The lowest BCUT2D eigenvalue weighted by molar-refractivity contribution is 0.203. The Labute approximate surface area is 87.1 Å². The minimum atomic E-state index is 0.396. The zero-order valence-corrected chi connectivity index (χ0v) is 9.29. The first kappa shape index (κ1) is 11.5. The molecule has 3 heteroatoms. The van der Waals surface area contributed by atoms with Crippen molar-refractivity contribution in [2.24, 2.45) is 0 Å². The van der Waals surface area contributed by atoms with Crippen LogP contribution in [0.2, 0.25) is 0 Å². The summed E-state index contributed by atoms with van der Waals surface area (Å²) < 4.78 is 0. The molecule has 1 saturated heterocycles. The predicted octanol–water partition coefficient (Wildman–Crippen LogP) is 1.36. The van der Waals surface area contributed by atoms with Crippen molar-refractivity contribution in [2.45, 2.75) is 45.2 Å². The second-order valence-electron chi connectivity index (χ2n) is 4.09. The van der Waals surface area contributed by atoms with E-state index in [-0.39, 0.29) is 0 Å². The second-order valence-corrected chi connectivity index (χ2v) is 4.09. The molecule has 1 aliphatic rings. The summed E-state index contributed by atoms with van der Waals surface area (Å²) in [6.07, 6.45) is 3.23. The van der Waals surface area contributed by atoms with E-state index in [1.807, 2.05) is 0 Å². The van der Waals surface area contributed by atoms with Crippen molar-refractivity contribution in [1.29, 1.82) is 5.26 Å². The van der Waals surface area contributed by atoms with Crippen molar-refractivity contribution in [2.75, 3.05) is 19.6 Å². The summed E-state index contributed by atoms with van der Waals surface area (Å²) >= 11 is 0. The van der Waals surface area contributed by atoms with E-state index < -0.39 is 0 Å². The Bertz CT molecular complexity index is 191. The second kappa shape index (κ2) is 6.00. The molecule has 1 fully saturated rings. The molecule has 0 radical (unpaired) electrons. The smallest absolute Gasteiger partial charge is 0.0638 e. The van der Waals surface area contributed by atoms with Gasteiger partial charge in [-0.2, -0.15) is 5.26 Å². The van der Waals surface area contributed by atoms with Crippen molar-refractivity contribution < 1.29 is 0 Å². The maximum absolute atomic E-state index is 8.65. The minimum Gasteiger partial charge on any atom is -0.313 e. The third kappa shape index (κ3) is 3.28. The van der Waals surface area contributed by atoms with Crippen molar-refractivity contribution in [1.82, 2.24) is 10.2 Å². The molecular weight excluding hydrogens is 174 g/mol. The van der Waals surface area contributed by atoms with E-state index >= 15 is 0 Å². The number of nitriles is 1. The summed E-state index contributed by atoms with van der Waals surface area (Å²) in [6.45, 7) is 7.61. The van der Waals surface area contributed by atoms with Gasteiger partial charge >= 0.3 is 0 Å². The standard InChI is InChI=1S/C11H21N3/c1-3-14(10(2)6-7-12)9-11-5-4-8-13-11/h10-11,13H,3-6,8-9H2,1-2H3. The monoisotopic (exact) mass is 195 g/mol. The average Bonchev–Trinajstić information content (AvgIpc) is 2.66. The highest BCUT2D eigenvalue weighted by atomic mass is 15.2. The highest BCUT2D eigenvalue weighted by molar-refractivity contribution is 4.83. The molecule has 1 rings (SSSR count). The van der Waals surface area contributed by atoms with Crippen molar-refractivity contribution in [3.05, 3.63) is 0 Å². The van der Waals surface area contributed by atoms with Gasteiger partial charge in [0, 0.05) is 18.6 Å². The van der Waals surface area contributed by atoms with Gasteiger partial charge in [0.2, 0.25) is 0 Å². The van der Waals surface area contributed by atoms with Gasteiger partial charge in [-0.1, -0.05) is 6.92 Å². The highest BCUT2D eigenvalue weighted by Crippen LogP contribution is 2.10. The molecule has 1 heterocycles. The molecule has 0 saturated carbocycles. The van der Waals surface area contributed by atoms with E-state index in [0.29, 0.717) is 18.5 Å². The summed E-state index contributed by atoms with van der Waals surface area (Å²) in [6, 6.07) is 3.29. The van der Waals surface area contributed by atoms with Gasteiger partial charge in [-0.15, -0.1) is 0 Å². The van der Waals surface area contributed by atoms with E-state index in [0.717, 1.165) is 19.6 Å². The number of hydrogen-bond donors (Lipinski definition) is 1. The summed E-state index contributed by atoms with van der Waals surface area (Å²) in [5.41, 5.74) is 0. The molecule has 0 aliphatic carbocycles. The summed E-state index contributed by atoms with van der Waals surface area (Å²) in [5, 5.41) is 12.1. The third-order valence-corrected chi connectivity index (χ3v) is 3.03. The van der Waals surface area contributed by atoms with Crippen LogP contribution in [0.3, 0.4) is 0 Å². The van der Waals surface area contributed by atoms with Gasteiger partial charge in [0.25, 0.3) is 0 Å². The average molecular weight is 195 g/mol. The lowest BCUT2D eigenvalue weighted by Gasteiger charge is -2.28. The van der Waals surface area contributed by atoms with E-state index in [9.17, 15) is 0 Å². The quantitative estimate of drug-likeness (QED) is 0.720. The van der Waals surface area contributed by atoms with Crippen LogP contribution in [0.5, 0.6) is 0 Å². The number of hydrogen-bond acceptors (Lipinski definition) is 3. The molecule has 2 atom stereocenters. The molecule has 0 aromatic heterocycles. The SMILES string of the molecule is CCN(CC1CCCN1)C(C)CC#N. The van der Waals surface area contributed by atoms with E-state index in [2.05, 4.69) is 30.1 Å². The van der Waals surface area contributed by atoms with Crippen molar-refractivity contribution in [3.63, 3.8) is 0 Å². The van der Waals surface area contributed by atoms with Gasteiger partial charge in [-0.3, -0.25) is 4.90 Å². The van der Waals surface area contributed by atoms with Crippen LogP contribution < -0.4 is 5.32 Å². The first-order chi connectivity index (χ1) is 6.77. The number of nitrogens with zero attached hydrogens (tertiary/aromatic N) is 2. The Morgan fingerprint density at radius 3 is 2.93 bits per heavy atom. The Morgan fingerprint density at radius 1 is 1.64 bits per heavy atom. The fraction of sp³-hybridized carbons (Fsp3) is 0.909. The van der Waals surface area contributed by atoms with Crippen molar-refractivity contribution >= 4 is 0 Å². The Morgan fingerprint density at radius 2 is 2.43 bits per heavy atom. The van der Waals surface area contributed by atoms with Gasteiger partial charge in [0.1, 0.15) is 0 Å². The molecule has 0 spiro atoms. The minimum absolute atomic E-state index is 0.396. The van der Waals surface area contributed by atoms with Gasteiger partial charge in [-0.05, 0) is 32.9 Å². The third-order valence-electron chi connectivity index (χ3n) is 3.03. The maximum atomic E-state index is 8.65. The predicted molar refractivity (Wildman–Crippen MR) is 58.0 cm³/mol. The maximum Gasteiger partial charge on any atom is 0.0638 e. The molecule has 1 aliphatic heterocycles. The van der Waals surface area contributed by atoms with Crippen LogP contribution in [0.25, 0.3) is 0 Å². The zero-order valence-electron chi connectivity index (χ0n) is 9.29. The van der Waals surface area contributed by atoms with Crippen LogP contribution in [-0.4, -0.2) is 36.6 Å². The Kier molecular flexibility index (Phi) is 4.92. The van der Waals surface area contributed by atoms with Gasteiger partial charge < -0.3 is 5.32 Å². The normalized spacial score (nSPS) is 23.7. The molecule has 0 bridgehead atoms. The molecule has 3 nitrogen and oxygen atoms in total. The Balaban J connectivity index is 2.33. The molecule has 1 N–H and O–H groups in total. The zero-order chi connectivity index (χ0) is 10.4. The fourth-order valence-electron chi connectivity index (χ4n) is 2.08. The van der Waals surface area contributed by atoms with Crippen molar-refractivity contribution in [3.8, 4) is 6.07 Å². The van der Waals surface area contributed by atoms with E-state index in [4.69, 9.17) is 5.26 Å². The molecule has 80 valence electrons. The number of likely N-dealkylation sites (N-methyl/N-ethyl adjacent to an activating group) is 1. The highest BCUT2D eigenvalue weighted by Gasteiger charge is 2.19. The van der Waals surface area contributed by atoms with E-state index in [1.54, 1.807) is 0 Å². The van der Waals surface area contributed by atoms with Crippen LogP contribution >= 0.6 is 0 Å². The fourth-order valence-corrected chi connectivity index (χ4v) is 2.08. The van der Waals surface area contributed by atoms with Gasteiger partial charge in [0.15, 0.2) is 0 Å². The lowest BCUT2D eigenvalue weighted by Crippen LogP contribution is -2.42. The van der Waals surface area contributed by atoms with Gasteiger partial charge in [0.05, 0.1) is 12.5 Å². The van der Waals surface area contributed by atoms with Crippen LogP contribution in [0.4, 0.5) is 0 Å². The summed E-state index contributed by atoms with van der Waals surface area (Å²) in [5.74, 6) is 0. The number of nitrogens with one attached hydrogen (secondary N) is 1. The lowest BCUT2D eigenvalue weighted by atomic mass is 10.1. The first-order valence-electron chi connectivity index (χ1n) is 5.62. The molecule has 2 unspecified atom stereocenters. The van der Waals surface area contributed by atoms with Crippen LogP contribution in [0, 0.1) is 11.3 Å². The van der Waals surface area contributed by atoms with Gasteiger partial charge in [-0.25, -0.2) is 0 Å².